The standard InChI is InChI=1S/C23H32N6O3S/c1-15-13-23(2,3)29(14-15)21-16(10-11-18(26-21)17-7-4-5-12-25-17)22(30)28-33(31,32)20-9-6-8-19(24)27-20/h6,8-11,15,17,25H,4-5,7,12-14H2,1-3H3,(H2,24,27)(H,28,30)/t15-,17?/m0/s1. The highest BCUT2D eigenvalue weighted by Gasteiger charge is 2.39. The first-order valence-electron chi connectivity index (χ1n) is 11.4. The van der Waals surface area contributed by atoms with Crippen molar-refractivity contribution in [3.63, 3.8) is 0 Å². The van der Waals surface area contributed by atoms with Crippen molar-refractivity contribution in [1.82, 2.24) is 20.0 Å². The molecule has 4 heterocycles. The van der Waals surface area contributed by atoms with Crippen LogP contribution in [0.25, 0.3) is 0 Å². The maximum absolute atomic E-state index is 13.2. The van der Waals surface area contributed by atoms with Crippen LogP contribution in [-0.4, -0.2) is 42.9 Å². The van der Waals surface area contributed by atoms with Gasteiger partial charge in [-0.3, -0.25) is 4.79 Å². The van der Waals surface area contributed by atoms with E-state index in [-0.39, 0.29) is 28.0 Å². The van der Waals surface area contributed by atoms with Gasteiger partial charge in [0.25, 0.3) is 15.9 Å². The predicted molar refractivity (Wildman–Crippen MR) is 127 cm³/mol. The number of carbonyl (C=O) groups excluding carboxylic acids is 1. The van der Waals surface area contributed by atoms with Gasteiger partial charge >= 0.3 is 0 Å². The topological polar surface area (TPSA) is 130 Å². The highest BCUT2D eigenvalue weighted by molar-refractivity contribution is 7.90. The molecule has 4 rings (SSSR count). The Kier molecular flexibility index (Phi) is 6.32. The summed E-state index contributed by atoms with van der Waals surface area (Å²) in [5, 5.41) is 3.20. The monoisotopic (exact) mass is 472 g/mol. The number of aromatic nitrogens is 2. The van der Waals surface area contributed by atoms with Crippen molar-refractivity contribution < 1.29 is 13.2 Å². The quantitative estimate of drug-likeness (QED) is 0.605. The molecule has 0 spiro atoms. The van der Waals surface area contributed by atoms with Gasteiger partial charge in [-0.05, 0) is 69.8 Å². The molecule has 0 bridgehead atoms. The van der Waals surface area contributed by atoms with Crippen LogP contribution in [0.3, 0.4) is 0 Å². The van der Waals surface area contributed by atoms with E-state index in [1.165, 1.54) is 18.2 Å². The number of nitrogen functional groups attached to an aromatic ring is 1. The minimum Gasteiger partial charge on any atom is -0.384 e. The van der Waals surface area contributed by atoms with Crippen molar-refractivity contribution in [3.05, 3.63) is 41.6 Å². The molecule has 2 aromatic heterocycles. The third-order valence-corrected chi connectivity index (χ3v) is 7.62. The largest absolute Gasteiger partial charge is 0.384 e. The summed E-state index contributed by atoms with van der Waals surface area (Å²) < 4.78 is 27.8. The van der Waals surface area contributed by atoms with Gasteiger partial charge in [0.05, 0.1) is 11.3 Å². The molecule has 178 valence electrons. The second-order valence-corrected chi connectivity index (χ2v) is 11.3. The maximum atomic E-state index is 13.2. The van der Waals surface area contributed by atoms with Crippen molar-refractivity contribution >= 4 is 27.6 Å². The van der Waals surface area contributed by atoms with Crippen LogP contribution < -0.4 is 20.7 Å². The van der Waals surface area contributed by atoms with E-state index in [1.54, 1.807) is 6.07 Å². The molecule has 0 aromatic carbocycles. The van der Waals surface area contributed by atoms with Gasteiger partial charge in [0.1, 0.15) is 11.6 Å². The highest BCUT2D eigenvalue weighted by Crippen LogP contribution is 2.38. The van der Waals surface area contributed by atoms with Crippen molar-refractivity contribution in [1.29, 1.82) is 0 Å². The fourth-order valence-corrected chi connectivity index (χ4v) is 5.86. The van der Waals surface area contributed by atoms with E-state index in [1.807, 2.05) is 6.07 Å². The number of amides is 1. The highest BCUT2D eigenvalue weighted by atomic mass is 32.2. The molecule has 33 heavy (non-hydrogen) atoms. The van der Waals surface area contributed by atoms with Gasteiger partial charge in [-0.25, -0.2) is 14.7 Å². The summed E-state index contributed by atoms with van der Waals surface area (Å²) in [4.78, 5) is 24.1. The molecule has 9 nitrogen and oxygen atoms in total. The lowest BCUT2D eigenvalue weighted by molar-refractivity contribution is 0.0981. The number of nitrogens with two attached hydrogens (primary N) is 1. The first-order valence-corrected chi connectivity index (χ1v) is 12.9. The number of hydrogen-bond acceptors (Lipinski definition) is 8. The number of piperidine rings is 1. The minimum absolute atomic E-state index is 0.0600. The van der Waals surface area contributed by atoms with Crippen molar-refractivity contribution in [2.45, 2.75) is 63.1 Å². The normalized spacial score (nSPS) is 22.8. The van der Waals surface area contributed by atoms with Crippen LogP contribution in [0.1, 0.15) is 68.5 Å². The summed E-state index contributed by atoms with van der Waals surface area (Å²) in [5.41, 5.74) is 6.51. The number of pyridine rings is 2. The molecule has 2 saturated heterocycles. The molecule has 2 atom stereocenters. The molecular formula is C23H32N6O3S. The maximum Gasteiger partial charge on any atom is 0.281 e. The Hall–Kier alpha value is -2.72. The van der Waals surface area contributed by atoms with Crippen LogP contribution >= 0.6 is 0 Å². The predicted octanol–water partition coefficient (Wildman–Crippen LogP) is 2.62. The molecule has 2 fully saturated rings. The van der Waals surface area contributed by atoms with Crippen LogP contribution in [0.4, 0.5) is 11.6 Å². The Balaban J connectivity index is 1.71. The molecule has 2 aliphatic heterocycles. The van der Waals surface area contributed by atoms with E-state index >= 15 is 0 Å². The van der Waals surface area contributed by atoms with Gasteiger partial charge in [0.2, 0.25) is 0 Å². The number of carbonyl (C=O) groups is 1. The molecule has 2 aromatic rings. The van der Waals surface area contributed by atoms with E-state index in [2.05, 4.69) is 40.7 Å². The summed E-state index contributed by atoms with van der Waals surface area (Å²) in [7, 11) is -4.19. The molecule has 0 aliphatic carbocycles. The van der Waals surface area contributed by atoms with E-state index in [9.17, 15) is 13.2 Å². The van der Waals surface area contributed by atoms with E-state index < -0.39 is 15.9 Å². The average Bonchev–Trinajstić information content (AvgIpc) is 3.05. The van der Waals surface area contributed by atoms with Crippen LogP contribution in [0, 0.1) is 5.92 Å². The van der Waals surface area contributed by atoms with Crippen LogP contribution in [0.5, 0.6) is 0 Å². The first-order chi connectivity index (χ1) is 15.6. The summed E-state index contributed by atoms with van der Waals surface area (Å²) in [5.74, 6) is 0.266. The Morgan fingerprint density at radius 3 is 2.64 bits per heavy atom. The Bertz CT molecular complexity index is 1140. The van der Waals surface area contributed by atoms with Crippen molar-refractivity contribution in [2.24, 2.45) is 5.92 Å². The Morgan fingerprint density at radius 2 is 2.00 bits per heavy atom. The number of sulfonamides is 1. The Morgan fingerprint density at radius 1 is 1.21 bits per heavy atom. The van der Waals surface area contributed by atoms with Crippen LogP contribution in [0.15, 0.2) is 35.4 Å². The summed E-state index contributed by atoms with van der Waals surface area (Å²) >= 11 is 0. The fourth-order valence-electron chi connectivity index (χ4n) is 4.91. The number of nitrogens with one attached hydrogen (secondary N) is 2. The van der Waals surface area contributed by atoms with Gasteiger partial charge in [0, 0.05) is 18.1 Å². The van der Waals surface area contributed by atoms with E-state index in [0.717, 1.165) is 44.5 Å². The van der Waals surface area contributed by atoms with Gasteiger partial charge < -0.3 is 16.0 Å². The lowest BCUT2D eigenvalue weighted by Gasteiger charge is -2.34. The zero-order valence-corrected chi connectivity index (χ0v) is 20.2. The zero-order valence-electron chi connectivity index (χ0n) is 19.3. The van der Waals surface area contributed by atoms with Gasteiger partial charge in [-0.15, -0.1) is 0 Å². The summed E-state index contributed by atoms with van der Waals surface area (Å²) in [6.07, 6.45) is 4.19. The molecule has 1 amide bonds. The molecule has 2 aliphatic rings. The van der Waals surface area contributed by atoms with Gasteiger partial charge in [-0.1, -0.05) is 19.4 Å². The second kappa shape index (κ2) is 8.90. The lowest BCUT2D eigenvalue weighted by atomic mass is 9.97. The average molecular weight is 473 g/mol. The van der Waals surface area contributed by atoms with Gasteiger partial charge in [-0.2, -0.15) is 8.42 Å². The molecule has 10 heteroatoms. The zero-order chi connectivity index (χ0) is 23.8. The molecule has 0 saturated carbocycles. The third kappa shape index (κ3) is 4.96. The summed E-state index contributed by atoms with van der Waals surface area (Å²) in [6, 6.07) is 7.89. The second-order valence-electron chi connectivity index (χ2n) is 9.68. The smallest absolute Gasteiger partial charge is 0.281 e. The molecular weight excluding hydrogens is 440 g/mol. The minimum atomic E-state index is -4.19. The van der Waals surface area contributed by atoms with Crippen molar-refractivity contribution in [3.8, 4) is 0 Å². The first kappa shape index (κ1) is 23.4. The number of anilines is 2. The van der Waals surface area contributed by atoms with Gasteiger partial charge in [0.15, 0.2) is 5.03 Å². The Labute approximate surface area is 195 Å². The number of hydrogen-bond donors (Lipinski definition) is 3. The lowest BCUT2D eigenvalue weighted by Crippen LogP contribution is -2.41. The van der Waals surface area contributed by atoms with E-state index in [4.69, 9.17) is 10.7 Å². The molecule has 1 unspecified atom stereocenters. The summed E-state index contributed by atoms with van der Waals surface area (Å²) in [6.45, 7) is 8.09. The number of nitrogens with zero attached hydrogens (tertiary/aromatic N) is 3. The third-order valence-electron chi connectivity index (χ3n) is 6.38. The van der Waals surface area contributed by atoms with Crippen LogP contribution in [0.2, 0.25) is 0 Å². The van der Waals surface area contributed by atoms with Crippen LogP contribution in [-0.2, 0) is 10.0 Å². The SMILES string of the molecule is C[C@@H]1CN(c2nc(C3CCCCN3)ccc2C(=O)NS(=O)(=O)c2cccc(N)n2)C(C)(C)C1. The van der Waals surface area contributed by atoms with E-state index in [0.29, 0.717) is 11.7 Å². The molecule has 4 N–H and O–H groups in total. The molecule has 0 radical (unpaired) electrons. The fraction of sp³-hybridized carbons (Fsp3) is 0.522. The van der Waals surface area contributed by atoms with Crippen molar-refractivity contribution in [2.75, 3.05) is 23.7 Å². The number of rotatable bonds is 5.